The van der Waals surface area contributed by atoms with Crippen LogP contribution in [0.1, 0.15) is 36.0 Å². The number of nitrogens with zero attached hydrogens (tertiary/aromatic N) is 2. The number of amides is 1. The maximum atomic E-state index is 13.7. The van der Waals surface area contributed by atoms with Crippen molar-refractivity contribution in [1.29, 1.82) is 0 Å². The zero-order chi connectivity index (χ0) is 27.2. The van der Waals surface area contributed by atoms with Gasteiger partial charge in [0.1, 0.15) is 6.10 Å². The monoisotopic (exact) mass is 565 g/mol. The van der Waals surface area contributed by atoms with Gasteiger partial charge < -0.3 is 15.5 Å². The van der Waals surface area contributed by atoms with E-state index in [0.717, 1.165) is 12.1 Å². The minimum absolute atomic E-state index is 0.00469. The molecule has 1 aromatic heterocycles. The quantitative estimate of drug-likeness (QED) is 0.400. The molecule has 1 heterocycles. The summed E-state index contributed by atoms with van der Waals surface area (Å²) >= 11 is 6.28. The molecule has 3 aromatic rings. The second-order valence-electron chi connectivity index (χ2n) is 9.97. The van der Waals surface area contributed by atoms with Gasteiger partial charge in [-0.3, -0.25) is 9.48 Å². The van der Waals surface area contributed by atoms with E-state index in [1.807, 2.05) is 0 Å². The Morgan fingerprint density at radius 3 is 2.50 bits per heavy atom. The molecule has 2 aromatic carbocycles. The lowest BCUT2D eigenvalue weighted by atomic mass is 9.71. The molecule has 3 unspecified atom stereocenters. The maximum absolute atomic E-state index is 13.7. The number of carbonyl (C=O) groups is 1. The molecule has 2 aliphatic carbocycles. The summed E-state index contributed by atoms with van der Waals surface area (Å²) in [6, 6.07) is 8.40. The first-order valence-electron chi connectivity index (χ1n) is 12.2. The summed E-state index contributed by atoms with van der Waals surface area (Å²) in [6.07, 6.45) is 3.56. The van der Waals surface area contributed by atoms with E-state index in [1.54, 1.807) is 18.5 Å². The van der Waals surface area contributed by atoms with Gasteiger partial charge in [-0.25, -0.2) is 17.2 Å². The van der Waals surface area contributed by atoms with E-state index < -0.39 is 56.2 Å². The number of aliphatic hydroxyl groups is 2. The van der Waals surface area contributed by atoms with Crippen molar-refractivity contribution in [2.75, 3.05) is 5.32 Å². The fourth-order valence-electron chi connectivity index (χ4n) is 5.89. The largest absolute Gasteiger partial charge is 0.388 e. The van der Waals surface area contributed by atoms with Gasteiger partial charge in [0.2, 0.25) is 0 Å². The molecule has 0 aliphatic heterocycles. The van der Waals surface area contributed by atoms with Crippen LogP contribution in [0.25, 0.3) is 0 Å². The zero-order valence-electron chi connectivity index (χ0n) is 20.1. The highest BCUT2D eigenvalue weighted by Crippen LogP contribution is 2.53. The highest BCUT2D eigenvalue weighted by molar-refractivity contribution is 7.92. The van der Waals surface area contributed by atoms with Crippen molar-refractivity contribution >= 4 is 33.0 Å². The molecule has 8 nitrogen and oxygen atoms in total. The van der Waals surface area contributed by atoms with Crippen molar-refractivity contribution in [2.45, 2.75) is 54.1 Å². The van der Waals surface area contributed by atoms with Crippen molar-refractivity contribution < 1.29 is 32.2 Å². The van der Waals surface area contributed by atoms with Gasteiger partial charge in [0.25, 0.3) is 5.91 Å². The highest BCUT2D eigenvalue weighted by Gasteiger charge is 2.59. The summed E-state index contributed by atoms with van der Waals surface area (Å²) < 4.78 is 55.7. The molecule has 2 aliphatic rings. The number of hydrogen-bond donors (Lipinski definition) is 3. The number of fused-ring (bicyclic) bond motifs is 2. The first kappa shape index (κ1) is 26.7. The summed E-state index contributed by atoms with van der Waals surface area (Å²) in [6.45, 7) is 0.0921. The number of carbonyl (C=O) groups excluding carboxylic acids is 1. The molecule has 0 spiro atoms. The van der Waals surface area contributed by atoms with Crippen LogP contribution in [0.2, 0.25) is 5.02 Å². The van der Waals surface area contributed by atoms with Crippen LogP contribution in [-0.4, -0.2) is 51.3 Å². The Balaban J connectivity index is 1.36. The average Bonchev–Trinajstić information content (AvgIpc) is 3.42. The molecule has 38 heavy (non-hydrogen) atoms. The van der Waals surface area contributed by atoms with Crippen LogP contribution in [0.5, 0.6) is 0 Å². The van der Waals surface area contributed by atoms with Crippen molar-refractivity contribution in [3.8, 4) is 0 Å². The summed E-state index contributed by atoms with van der Waals surface area (Å²) in [7, 11) is -4.02. The summed E-state index contributed by atoms with van der Waals surface area (Å²) in [5, 5.41) is 28.0. The number of rotatable bonds is 7. The Hall–Kier alpha value is -2.86. The molecule has 2 bridgehead atoms. The molecule has 202 valence electrons. The van der Waals surface area contributed by atoms with Crippen LogP contribution in [0, 0.1) is 23.5 Å². The first-order valence-corrected chi connectivity index (χ1v) is 14.1. The van der Waals surface area contributed by atoms with Crippen molar-refractivity contribution in [3.63, 3.8) is 0 Å². The predicted octanol–water partition coefficient (Wildman–Crippen LogP) is 3.82. The second-order valence-corrected chi connectivity index (χ2v) is 12.6. The summed E-state index contributed by atoms with van der Waals surface area (Å²) in [4.78, 5) is 12.5. The van der Waals surface area contributed by atoms with Gasteiger partial charge >= 0.3 is 0 Å². The first-order chi connectivity index (χ1) is 18.0. The SMILES string of the molecule is O=C(Nc1ccc(F)c(F)c1)c1ccc(Cl)c(S(=O)(=O)C2CC3CCC(C2)C3(O)C(O)Cn2cccn2)c1. The molecule has 0 radical (unpaired) electrons. The maximum Gasteiger partial charge on any atom is 0.255 e. The molecular weight excluding hydrogens is 540 g/mol. The Kier molecular flexibility index (Phi) is 7.06. The average molecular weight is 566 g/mol. The minimum atomic E-state index is -4.02. The smallest absolute Gasteiger partial charge is 0.255 e. The van der Waals surface area contributed by atoms with Crippen LogP contribution in [0.4, 0.5) is 14.5 Å². The number of halogens is 3. The summed E-state index contributed by atoms with van der Waals surface area (Å²) in [5.41, 5.74) is -1.46. The fraction of sp³-hybridized carbons (Fsp3) is 0.385. The third-order valence-electron chi connectivity index (χ3n) is 7.84. The van der Waals surface area contributed by atoms with Crippen LogP contribution in [0.15, 0.2) is 59.8 Å². The van der Waals surface area contributed by atoms with Crippen molar-refractivity contribution in [2.24, 2.45) is 11.8 Å². The van der Waals surface area contributed by atoms with Gasteiger partial charge in [-0.1, -0.05) is 11.6 Å². The Labute approximate surface area is 223 Å². The fourth-order valence-corrected chi connectivity index (χ4v) is 8.29. The van der Waals surface area contributed by atoms with E-state index >= 15 is 0 Å². The third kappa shape index (κ3) is 4.72. The van der Waals surface area contributed by atoms with E-state index in [0.29, 0.717) is 12.8 Å². The number of anilines is 1. The normalized spacial score (nSPS) is 25.8. The van der Waals surface area contributed by atoms with Gasteiger partial charge in [0, 0.05) is 29.7 Å². The molecule has 2 saturated carbocycles. The number of aliphatic hydroxyl groups excluding tert-OH is 1. The van der Waals surface area contributed by atoms with Crippen LogP contribution < -0.4 is 5.32 Å². The molecule has 5 rings (SSSR count). The van der Waals surface area contributed by atoms with E-state index in [4.69, 9.17) is 11.6 Å². The zero-order valence-corrected chi connectivity index (χ0v) is 21.7. The van der Waals surface area contributed by atoms with Gasteiger partial charge in [0.05, 0.1) is 27.3 Å². The lowest BCUT2D eigenvalue weighted by Crippen LogP contribution is -2.56. The third-order valence-corrected chi connectivity index (χ3v) is 10.5. The molecule has 1 amide bonds. The lowest BCUT2D eigenvalue weighted by molar-refractivity contribution is -0.147. The Bertz CT molecular complexity index is 1450. The Morgan fingerprint density at radius 2 is 1.87 bits per heavy atom. The molecule has 2 fully saturated rings. The van der Waals surface area contributed by atoms with Crippen LogP contribution in [-0.2, 0) is 16.4 Å². The molecule has 0 saturated heterocycles. The van der Waals surface area contributed by atoms with E-state index in [1.165, 1.54) is 28.9 Å². The lowest BCUT2D eigenvalue weighted by Gasteiger charge is -2.45. The number of benzene rings is 2. The van der Waals surface area contributed by atoms with Crippen LogP contribution >= 0.6 is 11.6 Å². The Morgan fingerprint density at radius 1 is 1.16 bits per heavy atom. The van der Waals surface area contributed by atoms with Gasteiger partial charge in [-0.15, -0.1) is 0 Å². The minimum Gasteiger partial charge on any atom is -0.388 e. The molecular formula is C26H26ClF2N3O5S. The molecule has 12 heteroatoms. The number of nitrogens with one attached hydrogen (secondary N) is 1. The number of hydrogen-bond acceptors (Lipinski definition) is 6. The number of aromatic nitrogens is 2. The standard InChI is InChI=1S/C26H26ClF2N3O5S/c27-20-6-2-15(25(34)31-18-5-7-21(28)22(29)13-18)10-23(20)38(36,37)19-11-16-3-4-17(12-19)26(16,35)24(33)14-32-9-1-8-30-32/h1-2,5-10,13,16-17,19,24,33,35H,3-4,11-12,14H2,(H,31,34). The molecule has 3 N–H and O–H groups in total. The number of sulfone groups is 1. The molecule has 3 atom stereocenters. The van der Waals surface area contributed by atoms with Gasteiger partial charge in [-0.2, -0.15) is 5.10 Å². The van der Waals surface area contributed by atoms with Crippen molar-refractivity contribution in [1.82, 2.24) is 9.78 Å². The second kappa shape index (κ2) is 10.0. The van der Waals surface area contributed by atoms with E-state index in [-0.39, 0.29) is 40.6 Å². The van der Waals surface area contributed by atoms with Crippen LogP contribution in [0.3, 0.4) is 0 Å². The van der Waals surface area contributed by atoms with E-state index in [2.05, 4.69) is 10.4 Å². The predicted molar refractivity (Wildman–Crippen MR) is 135 cm³/mol. The van der Waals surface area contributed by atoms with Gasteiger partial charge in [0.15, 0.2) is 21.5 Å². The van der Waals surface area contributed by atoms with Crippen molar-refractivity contribution in [3.05, 3.63) is 77.1 Å². The van der Waals surface area contributed by atoms with Gasteiger partial charge in [-0.05, 0) is 73.9 Å². The topological polar surface area (TPSA) is 122 Å². The highest BCUT2D eigenvalue weighted by atomic mass is 35.5. The summed E-state index contributed by atoms with van der Waals surface area (Å²) in [5.74, 6) is -3.80. The van der Waals surface area contributed by atoms with E-state index in [9.17, 15) is 32.2 Å².